The predicted octanol–water partition coefficient (Wildman–Crippen LogP) is 3.01. The van der Waals surface area contributed by atoms with Gasteiger partial charge in [-0.1, -0.05) is 41.9 Å². The monoisotopic (exact) mass is 384 g/mol. The van der Waals surface area contributed by atoms with Crippen molar-refractivity contribution < 1.29 is 9.53 Å². The molecule has 0 bridgehead atoms. The lowest BCUT2D eigenvalue weighted by atomic mass is 10.0. The van der Waals surface area contributed by atoms with Crippen molar-refractivity contribution >= 4 is 28.9 Å². The van der Waals surface area contributed by atoms with Crippen LogP contribution in [0.15, 0.2) is 59.7 Å². The van der Waals surface area contributed by atoms with Gasteiger partial charge in [-0.25, -0.2) is 5.01 Å². The summed E-state index contributed by atoms with van der Waals surface area (Å²) in [4.78, 5) is 12.7. The molecule has 0 aliphatic carbocycles. The second-order valence-electron chi connectivity index (χ2n) is 6.54. The number of nitrogens with zero attached hydrogens (tertiary/aromatic N) is 3. The molecule has 6 nitrogen and oxygen atoms in total. The number of nitrogens with one attached hydrogen (secondary N) is 1. The number of carbonyl (C=O) groups excluding carboxylic acids is 1. The predicted molar refractivity (Wildman–Crippen MR) is 106 cm³/mol. The zero-order chi connectivity index (χ0) is 18.6. The highest BCUT2D eigenvalue weighted by Crippen LogP contribution is 2.35. The molecule has 7 heteroatoms. The van der Waals surface area contributed by atoms with Crippen molar-refractivity contribution in [2.24, 2.45) is 5.10 Å². The van der Waals surface area contributed by atoms with Gasteiger partial charge in [-0.05, 0) is 29.8 Å². The maximum atomic E-state index is 12.7. The fourth-order valence-electron chi connectivity index (χ4n) is 3.30. The Labute approximate surface area is 163 Å². The van der Waals surface area contributed by atoms with Gasteiger partial charge in [-0.3, -0.25) is 15.2 Å². The van der Waals surface area contributed by atoms with E-state index in [4.69, 9.17) is 16.3 Å². The van der Waals surface area contributed by atoms with Gasteiger partial charge in [0, 0.05) is 24.5 Å². The molecule has 1 unspecified atom stereocenters. The first-order chi connectivity index (χ1) is 13.2. The van der Waals surface area contributed by atoms with E-state index in [1.54, 1.807) is 0 Å². The number of hydrazine groups is 1. The van der Waals surface area contributed by atoms with Crippen LogP contribution in [0.1, 0.15) is 18.0 Å². The van der Waals surface area contributed by atoms with Gasteiger partial charge in [0.1, 0.15) is 5.71 Å². The molecule has 140 valence electrons. The van der Waals surface area contributed by atoms with Gasteiger partial charge in [0.25, 0.3) is 5.91 Å². The van der Waals surface area contributed by atoms with Gasteiger partial charge >= 0.3 is 0 Å². The summed E-state index contributed by atoms with van der Waals surface area (Å²) in [5.74, 6) is -0.158. The number of morpholine rings is 1. The molecule has 1 fully saturated rings. The minimum atomic E-state index is -0.158. The third-order valence-electron chi connectivity index (χ3n) is 4.72. The van der Waals surface area contributed by atoms with Gasteiger partial charge < -0.3 is 4.74 Å². The number of amides is 1. The molecule has 1 N–H and O–H groups in total. The van der Waals surface area contributed by atoms with Crippen LogP contribution >= 0.6 is 11.6 Å². The van der Waals surface area contributed by atoms with Crippen LogP contribution in [0.4, 0.5) is 5.69 Å². The highest BCUT2D eigenvalue weighted by atomic mass is 35.5. The van der Waals surface area contributed by atoms with Crippen molar-refractivity contribution in [1.82, 2.24) is 10.4 Å². The van der Waals surface area contributed by atoms with E-state index in [-0.39, 0.29) is 11.9 Å². The van der Waals surface area contributed by atoms with Gasteiger partial charge in [0.15, 0.2) is 0 Å². The van der Waals surface area contributed by atoms with E-state index in [9.17, 15) is 4.79 Å². The first-order valence-electron chi connectivity index (χ1n) is 9.01. The third kappa shape index (κ3) is 4.13. The Bertz CT molecular complexity index is 820. The number of anilines is 1. The van der Waals surface area contributed by atoms with Crippen molar-refractivity contribution in [1.29, 1.82) is 0 Å². The summed E-state index contributed by atoms with van der Waals surface area (Å²) in [7, 11) is 0. The largest absolute Gasteiger partial charge is 0.379 e. The lowest BCUT2D eigenvalue weighted by Gasteiger charge is -2.26. The number of hydrogen-bond donors (Lipinski definition) is 1. The molecule has 0 spiro atoms. The van der Waals surface area contributed by atoms with E-state index in [0.717, 1.165) is 11.3 Å². The van der Waals surface area contributed by atoms with E-state index in [2.05, 4.69) is 22.7 Å². The van der Waals surface area contributed by atoms with E-state index in [1.165, 1.54) is 0 Å². The molecule has 0 saturated carbocycles. The van der Waals surface area contributed by atoms with Crippen LogP contribution in [0.2, 0.25) is 5.02 Å². The summed E-state index contributed by atoms with van der Waals surface area (Å²) in [5.41, 5.74) is 5.49. The Morgan fingerprint density at radius 2 is 1.78 bits per heavy atom. The third-order valence-corrected chi connectivity index (χ3v) is 4.97. The molecule has 2 aliphatic heterocycles. The Hall–Kier alpha value is -2.41. The number of carbonyl (C=O) groups is 1. The SMILES string of the molecule is O=C(NN1CCOCC1)C1=NN(c2ccc(Cl)cc2)C(c2ccccc2)C1. The van der Waals surface area contributed by atoms with Gasteiger partial charge in [-0.2, -0.15) is 5.10 Å². The van der Waals surface area contributed by atoms with E-state index >= 15 is 0 Å². The Kier molecular flexibility index (Phi) is 5.38. The van der Waals surface area contributed by atoms with E-state index < -0.39 is 0 Å². The Morgan fingerprint density at radius 1 is 1.07 bits per heavy atom. The minimum absolute atomic E-state index is 0.0298. The van der Waals surface area contributed by atoms with Crippen LogP contribution in [0.3, 0.4) is 0 Å². The number of halogens is 1. The fraction of sp³-hybridized carbons (Fsp3) is 0.300. The van der Waals surface area contributed by atoms with Crippen molar-refractivity contribution in [2.45, 2.75) is 12.5 Å². The van der Waals surface area contributed by atoms with Gasteiger partial charge in [0.2, 0.25) is 0 Å². The Balaban J connectivity index is 1.58. The summed E-state index contributed by atoms with van der Waals surface area (Å²) in [6.45, 7) is 2.61. The summed E-state index contributed by atoms with van der Waals surface area (Å²) < 4.78 is 5.32. The van der Waals surface area contributed by atoms with Gasteiger partial charge in [0.05, 0.1) is 24.9 Å². The average molecular weight is 385 g/mol. The first-order valence-corrected chi connectivity index (χ1v) is 9.39. The Morgan fingerprint density at radius 3 is 2.48 bits per heavy atom. The number of ether oxygens (including phenoxy) is 1. The normalized spacial score (nSPS) is 20.4. The lowest BCUT2D eigenvalue weighted by Crippen LogP contribution is -2.50. The quantitative estimate of drug-likeness (QED) is 0.880. The van der Waals surface area contributed by atoms with Crippen LogP contribution < -0.4 is 10.4 Å². The minimum Gasteiger partial charge on any atom is -0.379 e. The zero-order valence-electron chi connectivity index (χ0n) is 14.8. The highest BCUT2D eigenvalue weighted by Gasteiger charge is 2.33. The molecule has 2 aromatic carbocycles. The van der Waals surface area contributed by atoms with Gasteiger partial charge in [-0.15, -0.1) is 0 Å². The molecule has 0 aromatic heterocycles. The van der Waals surface area contributed by atoms with Crippen molar-refractivity contribution in [2.75, 3.05) is 31.3 Å². The molecular weight excluding hydrogens is 364 g/mol. The maximum Gasteiger partial charge on any atom is 0.281 e. The summed E-state index contributed by atoms with van der Waals surface area (Å²) in [6, 6.07) is 17.6. The second kappa shape index (κ2) is 8.08. The van der Waals surface area contributed by atoms with Crippen molar-refractivity contribution in [3.8, 4) is 0 Å². The molecule has 2 aromatic rings. The number of rotatable bonds is 4. The molecule has 1 saturated heterocycles. The second-order valence-corrected chi connectivity index (χ2v) is 6.98. The summed E-state index contributed by atoms with van der Waals surface area (Å²) >= 11 is 6.03. The number of benzene rings is 2. The topological polar surface area (TPSA) is 57.2 Å². The van der Waals surface area contributed by atoms with E-state index in [0.29, 0.717) is 43.5 Å². The van der Waals surface area contributed by atoms with Crippen molar-refractivity contribution in [3.63, 3.8) is 0 Å². The standard InChI is InChI=1S/C20H21ClN4O2/c21-16-6-8-17(9-7-16)25-19(15-4-2-1-3-5-15)14-18(22-25)20(26)23-24-10-12-27-13-11-24/h1-9,19H,10-14H2,(H,23,26). The first kappa shape index (κ1) is 18.0. The molecule has 0 radical (unpaired) electrons. The molecule has 4 rings (SSSR count). The van der Waals surface area contributed by atoms with Crippen LogP contribution in [0.5, 0.6) is 0 Å². The van der Waals surface area contributed by atoms with Crippen molar-refractivity contribution in [3.05, 3.63) is 65.2 Å². The van der Waals surface area contributed by atoms with Crippen LogP contribution in [-0.4, -0.2) is 42.9 Å². The maximum absolute atomic E-state index is 12.7. The molecule has 27 heavy (non-hydrogen) atoms. The smallest absolute Gasteiger partial charge is 0.281 e. The number of hydrogen-bond acceptors (Lipinski definition) is 5. The zero-order valence-corrected chi connectivity index (χ0v) is 15.6. The highest BCUT2D eigenvalue weighted by molar-refractivity contribution is 6.39. The van der Waals surface area contributed by atoms with Crippen LogP contribution in [0.25, 0.3) is 0 Å². The van der Waals surface area contributed by atoms with Crippen LogP contribution in [-0.2, 0) is 9.53 Å². The fourth-order valence-corrected chi connectivity index (χ4v) is 3.42. The molecule has 1 atom stereocenters. The van der Waals surface area contributed by atoms with E-state index in [1.807, 2.05) is 52.5 Å². The molecule has 2 heterocycles. The molecule has 1 amide bonds. The summed E-state index contributed by atoms with van der Waals surface area (Å²) in [6.07, 6.45) is 0.544. The lowest BCUT2D eigenvalue weighted by molar-refractivity contribution is -0.121. The van der Waals surface area contributed by atoms with Crippen LogP contribution in [0, 0.1) is 0 Å². The summed E-state index contributed by atoms with van der Waals surface area (Å²) in [5, 5.41) is 9.11. The number of hydrazone groups is 1. The molecule has 2 aliphatic rings. The average Bonchev–Trinajstić information content (AvgIpc) is 3.16. The molecular formula is C20H21ClN4O2.